The Morgan fingerprint density at radius 2 is 1.90 bits per heavy atom. The first-order valence-corrected chi connectivity index (χ1v) is 10.1. The number of carbonyl (C=O) groups is 3. The fourth-order valence-corrected chi connectivity index (χ4v) is 3.20. The fraction of sp³-hybridized carbons (Fsp3) is 0.591. The molecule has 1 aliphatic rings. The van der Waals surface area contributed by atoms with E-state index >= 15 is 0 Å². The molecule has 1 aromatic rings. The van der Waals surface area contributed by atoms with Crippen LogP contribution in [0.4, 0.5) is 4.79 Å². The van der Waals surface area contributed by atoms with Crippen LogP contribution in [0.5, 0.6) is 0 Å². The van der Waals surface area contributed by atoms with E-state index in [0.29, 0.717) is 19.3 Å². The molecule has 1 heterocycles. The Morgan fingerprint density at radius 3 is 2.48 bits per heavy atom. The fourth-order valence-electron chi connectivity index (χ4n) is 3.20. The quantitative estimate of drug-likeness (QED) is 0.671. The minimum atomic E-state index is -0.741. The third-order valence-electron chi connectivity index (χ3n) is 4.77. The molecule has 0 bridgehead atoms. The molecule has 7 heteroatoms. The lowest BCUT2D eigenvalue weighted by Gasteiger charge is -2.30. The summed E-state index contributed by atoms with van der Waals surface area (Å²) in [7, 11) is 1.54. The number of hydrogen-bond donors (Lipinski definition) is 1. The van der Waals surface area contributed by atoms with Gasteiger partial charge in [-0.3, -0.25) is 9.59 Å². The van der Waals surface area contributed by atoms with Crippen molar-refractivity contribution < 1.29 is 23.9 Å². The van der Waals surface area contributed by atoms with Gasteiger partial charge in [-0.15, -0.1) is 0 Å². The van der Waals surface area contributed by atoms with Crippen LogP contribution in [0.15, 0.2) is 30.3 Å². The van der Waals surface area contributed by atoms with E-state index in [4.69, 9.17) is 9.47 Å². The van der Waals surface area contributed by atoms with Crippen molar-refractivity contribution in [2.45, 2.75) is 64.1 Å². The van der Waals surface area contributed by atoms with Crippen LogP contribution >= 0.6 is 0 Å². The highest BCUT2D eigenvalue weighted by Gasteiger charge is 2.31. The number of nitrogens with zero attached hydrogens (tertiary/aromatic N) is 1. The zero-order valence-corrected chi connectivity index (χ0v) is 17.8. The van der Waals surface area contributed by atoms with Crippen LogP contribution in [-0.4, -0.2) is 60.6 Å². The molecule has 1 fully saturated rings. The van der Waals surface area contributed by atoms with Gasteiger partial charge in [0, 0.05) is 7.05 Å². The van der Waals surface area contributed by atoms with Crippen molar-refractivity contribution in [1.29, 1.82) is 0 Å². The molecular formula is C22H32N2O5. The van der Waals surface area contributed by atoms with Gasteiger partial charge in [-0.1, -0.05) is 30.3 Å². The smallest absolute Gasteiger partial charge is 0.410 e. The number of aryl methyl sites for hydroxylation is 1. The van der Waals surface area contributed by atoms with Gasteiger partial charge in [-0.25, -0.2) is 4.79 Å². The molecule has 0 aliphatic carbocycles. The van der Waals surface area contributed by atoms with Gasteiger partial charge >= 0.3 is 12.1 Å². The van der Waals surface area contributed by atoms with Gasteiger partial charge in [0.25, 0.3) is 0 Å². The molecular weight excluding hydrogens is 372 g/mol. The molecule has 0 aromatic heterocycles. The maximum absolute atomic E-state index is 12.8. The third-order valence-corrected chi connectivity index (χ3v) is 4.77. The molecule has 1 aliphatic heterocycles. The number of nitrogens with one attached hydrogen (secondary N) is 1. The number of rotatable bonds is 8. The van der Waals surface area contributed by atoms with E-state index in [1.54, 1.807) is 27.8 Å². The first-order chi connectivity index (χ1) is 13.7. The van der Waals surface area contributed by atoms with E-state index in [-0.39, 0.29) is 18.4 Å². The van der Waals surface area contributed by atoms with Crippen molar-refractivity contribution in [3.63, 3.8) is 0 Å². The summed E-state index contributed by atoms with van der Waals surface area (Å²) >= 11 is 0. The number of esters is 1. The summed E-state index contributed by atoms with van der Waals surface area (Å²) in [5.74, 6) is -0.738. The summed E-state index contributed by atoms with van der Waals surface area (Å²) in [6.45, 7) is 5.74. The summed E-state index contributed by atoms with van der Waals surface area (Å²) in [6, 6.07) is 8.64. The third kappa shape index (κ3) is 7.49. The predicted molar refractivity (Wildman–Crippen MR) is 110 cm³/mol. The Balaban J connectivity index is 2.02. The van der Waals surface area contributed by atoms with Gasteiger partial charge in [-0.2, -0.15) is 0 Å². The monoisotopic (exact) mass is 404 g/mol. The molecule has 2 rings (SSSR count). The molecule has 1 amide bonds. The summed E-state index contributed by atoms with van der Waals surface area (Å²) in [5, 5.41) is 3.05. The highest BCUT2D eigenvalue weighted by atomic mass is 16.6. The lowest BCUT2D eigenvalue weighted by molar-refractivity contribution is -0.150. The van der Waals surface area contributed by atoms with Crippen molar-refractivity contribution in [2.75, 3.05) is 20.2 Å². The second-order valence-corrected chi connectivity index (χ2v) is 8.35. The van der Waals surface area contributed by atoms with Crippen molar-refractivity contribution in [3.05, 3.63) is 35.9 Å². The first-order valence-electron chi connectivity index (χ1n) is 10.1. The van der Waals surface area contributed by atoms with Crippen LogP contribution in [0.25, 0.3) is 0 Å². The van der Waals surface area contributed by atoms with Crippen LogP contribution in [-0.2, 0) is 25.5 Å². The van der Waals surface area contributed by atoms with Crippen molar-refractivity contribution in [2.24, 2.45) is 0 Å². The molecule has 0 saturated carbocycles. The average molecular weight is 405 g/mol. The van der Waals surface area contributed by atoms with Crippen molar-refractivity contribution in [3.8, 4) is 0 Å². The van der Waals surface area contributed by atoms with Crippen LogP contribution in [0, 0.1) is 0 Å². The SMILES string of the molecule is CN(C(=O)OC(C)(C)C)C(CCc1ccccc1)C(=O)COC(=O)[C@@H]1CCCN1. The summed E-state index contributed by atoms with van der Waals surface area (Å²) in [4.78, 5) is 38.7. The van der Waals surface area contributed by atoms with Crippen LogP contribution in [0.3, 0.4) is 0 Å². The second kappa shape index (κ2) is 10.4. The molecule has 1 N–H and O–H groups in total. The Labute approximate surface area is 172 Å². The highest BCUT2D eigenvalue weighted by molar-refractivity contribution is 5.90. The number of Topliss-reactive ketones (excluding diaryl/α,β-unsaturated/α-hetero) is 1. The second-order valence-electron chi connectivity index (χ2n) is 8.35. The Hall–Kier alpha value is -2.41. The minimum absolute atomic E-state index is 0.319. The summed E-state index contributed by atoms with van der Waals surface area (Å²) < 4.78 is 10.6. The van der Waals surface area contributed by atoms with E-state index in [1.165, 1.54) is 4.90 Å². The molecule has 0 radical (unpaired) electrons. The van der Waals surface area contributed by atoms with Gasteiger partial charge in [0.1, 0.15) is 11.6 Å². The van der Waals surface area contributed by atoms with E-state index in [1.807, 2.05) is 30.3 Å². The van der Waals surface area contributed by atoms with Gasteiger partial charge in [-0.05, 0) is 58.6 Å². The number of carbonyl (C=O) groups excluding carboxylic acids is 3. The van der Waals surface area contributed by atoms with Crippen LogP contribution in [0.1, 0.15) is 45.6 Å². The normalized spacial score (nSPS) is 17.4. The molecule has 0 spiro atoms. The molecule has 1 saturated heterocycles. The van der Waals surface area contributed by atoms with Gasteiger partial charge in [0.15, 0.2) is 12.4 Å². The number of hydrogen-bond acceptors (Lipinski definition) is 6. The maximum Gasteiger partial charge on any atom is 0.410 e. The number of benzene rings is 1. The van der Waals surface area contributed by atoms with Crippen molar-refractivity contribution in [1.82, 2.24) is 10.2 Å². The Kier molecular flexibility index (Phi) is 8.20. The summed E-state index contributed by atoms with van der Waals surface area (Å²) in [6.07, 6.45) is 2.07. The molecule has 29 heavy (non-hydrogen) atoms. The van der Waals surface area contributed by atoms with E-state index in [0.717, 1.165) is 18.5 Å². The van der Waals surface area contributed by atoms with Crippen molar-refractivity contribution >= 4 is 17.8 Å². The number of likely N-dealkylation sites (N-methyl/N-ethyl adjacent to an activating group) is 1. The largest absolute Gasteiger partial charge is 0.456 e. The lowest BCUT2D eigenvalue weighted by Crippen LogP contribution is -2.46. The van der Waals surface area contributed by atoms with Crippen LogP contribution in [0.2, 0.25) is 0 Å². The van der Waals surface area contributed by atoms with Gasteiger partial charge in [0.05, 0.1) is 6.04 Å². The molecule has 1 aromatic carbocycles. The van der Waals surface area contributed by atoms with Gasteiger partial charge in [0.2, 0.25) is 0 Å². The van der Waals surface area contributed by atoms with Crippen LogP contribution < -0.4 is 5.32 Å². The molecule has 1 unspecified atom stereocenters. The van der Waals surface area contributed by atoms with E-state index in [9.17, 15) is 14.4 Å². The standard InChI is InChI=1S/C22H32N2O5/c1-22(2,3)29-21(27)24(4)18(13-12-16-9-6-5-7-10-16)19(25)15-28-20(26)17-11-8-14-23-17/h5-7,9-10,17-18,23H,8,11-15H2,1-4H3/t17-,18?/m0/s1. The van der Waals surface area contributed by atoms with E-state index in [2.05, 4.69) is 5.32 Å². The molecule has 160 valence electrons. The van der Waals surface area contributed by atoms with E-state index < -0.39 is 23.7 Å². The zero-order chi connectivity index (χ0) is 21.4. The van der Waals surface area contributed by atoms with Gasteiger partial charge < -0.3 is 19.7 Å². The number of ketones is 1. The number of amides is 1. The predicted octanol–water partition coefficient (Wildman–Crippen LogP) is 2.72. The summed E-state index contributed by atoms with van der Waals surface area (Å²) in [5.41, 5.74) is 0.397. The Morgan fingerprint density at radius 1 is 1.21 bits per heavy atom. The lowest BCUT2D eigenvalue weighted by atomic mass is 10.0. The highest BCUT2D eigenvalue weighted by Crippen LogP contribution is 2.16. The molecule has 7 nitrogen and oxygen atoms in total. The average Bonchev–Trinajstić information content (AvgIpc) is 3.20. The first kappa shape index (κ1) is 22.9. The maximum atomic E-state index is 12.8. The topological polar surface area (TPSA) is 84.9 Å². The minimum Gasteiger partial charge on any atom is -0.456 e. The molecule has 2 atom stereocenters. The Bertz CT molecular complexity index is 693. The zero-order valence-electron chi connectivity index (χ0n) is 17.8. The number of ether oxygens (including phenoxy) is 2.